The van der Waals surface area contributed by atoms with Crippen molar-refractivity contribution in [1.82, 2.24) is 10.3 Å². The molecule has 7 nitrogen and oxygen atoms in total. The van der Waals surface area contributed by atoms with E-state index in [1.54, 1.807) is 31.2 Å². The molecule has 1 fully saturated rings. The monoisotopic (exact) mass is 478 g/mol. The number of morpholine rings is 1. The summed E-state index contributed by atoms with van der Waals surface area (Å²) < 4.78 is 52.3. The fraction of sp³-hybridized carbons (Fsp3) is 0.417. The molecule has 184 valence electrons. The Kier molecular flexibility index (Phi) is 9.03. The molecule has 3 atom stereocenters. The molecule has 0 saturated carbocycles. The van der Waals surface area contributed by atoms with Crippen molar-refractivity contribution in [2.75, 3.05) is 19.7 Å². The second kappa shape index (κ2) is 12.0. The van der Waals surface area contributed by atoms with E-state index in [9.17, 15) is 18.0 Å². The van der Waals surface area contributed by atoms with Crippen LogP contribution >= 0.6 is 0 Å². The Labute approximate surface area is 196 Å². The zero-order chi connectivity index (χ0) is 24.7. The van der Waals surface area contributed by atoms with E-state index in [4.69, 9.17) is 15.2 Å². The SMILES string of the molecule is CC(=O)N/N=C(\N)CN1CCO[C@H](O[C@H](C)c2cc(CF)cc(CF)c2)[C@@H]1c1ccc(F)cc1. The van der Waals surface area contributed by atoms with Crippen LogP contribution in [0.5, 0.6) is 0 Å². The summed E-state index contributed by atoms with van der Waals surface area (Å²) in [5.74, 6) is -0.552. The van der Waals surface area contributed by atoms with Gasteiger partial charge in [-0.2, -0.15) is 5.10 Å². The van der Waals surface area contributed by atoms with Gasteiger partial charge in [-0.15, -0.1) is 0 Å². The molecule has 1 heterocycles. The van der Waals surface area contributed by atoms with Crippen molar-refractivity contribution in [3.05, 3.63) is 70.5 Å². The predicted molar refractivity (Wildman–Crippen MR) is 121 cm³/mol. The van der Waals surface area contributed by atoms with Gasteiger partial charge >= 0.3 is 0 Å². The Morgan fingerprint density at radius 3 is 2.47 bits per heavy atom. The molecule has 1 aliphatic heterocycles. The minimum Gasteiger partial charge on any atom is -0.385 e. The van der Waals surface area contributed by atoms with Crippen LogP contribution in [0.15, 0.2) is 47.6 Å². The number of nitrogens with two attached hydrogens (primary N) is 1. The first-order valence-corrected chi connectivity index (χ1v) is 10.9. The lowest BCUT2D eigenvalue weighted by Gasteiger charge is -2.41. The maximum Gasteiger partial charge on any atom is 0.236 e. The molecule has 1 saturated heterocycles. The van der Waals surface area contributed by atoms with Crippen LogP contribution in [0, 0.1) is 5.82 Å². The summed E-state index contributed by atoms with van der Waals surface area (Å²) in [4.78, 5) is 13.1. The molecule has 3 rings (SSSR count). The Bertz CT molecular complexity index is 981. The molecule has 0 radical (unpaired) electrons. The highest BCUT2D eigenvalue weighted by Gasteiger charge is 2.36. The first-order chi connectivity index (χ1) is 16.3. The second-order valence-corrected chi connectivity index (χ2v) is 8.11. The molecule has 0 unspecified atom stereocenters. The van der Waals surface area contributed by atoms with Crippen LogP contribution in [0.25, 0.3) is 0 Å². The highest BCUT2D eigenvalue weighted by Crippen LogP contribution is 2.34. The van der Waals surface area contributed by atoms with E-state index in [2.05, 4.69) is 10.5 Å². The van der Waals surface area contributed by atoms with Crippen LogP contribution in [0.4, 0.5) is 13.2 Å². The van der Waals surface area contributed by atoms with Gasteiger partial charge in [0.2, 0.25) is 5.91 Å². The van der Waals surface area contributed by atoms with Crippen molar-refractivity contribution in [3.63, 3.8) is 0 Å². The van der Waals surface area contributed by atoms with Gasteiger partial charge in [-0.05, 0) is 41.3 Å². The number of halogens is 3. The van der Waals surface area contributed by atoms with Crippen LogP contribution in [0.1, 0.15) is 48.2 Å². The van der Waals surface area contributed by atoms with Crippen molar-refractivity contribution in [2.24, 2.45) is 10.8 Å². The minimum absolute atomic E-state index is 0.180. The summed E-state index contributed by atoms with van der Waals surface area (Å²) >= 11 is 0. The highest BCUT2D eigenvalue weighted by atomic mass is 19.1. The van der Waals surface area contributed by atoms with Crippen molar-refractivity contribution in [3.8, 4) is 0 Å². The molecule has 2 aromatic carbocycles. The molecule has 0 aromatic heterocycles. The van der Waals surface area contributed by atoms with E-state index < -0.39 is 31.8 Å². The van der Waals surface area contributed by atoms with Crippen LogP contribution in [-0.4, -0.2) is 42.6 Å². The van der Waals surface area contributed by atoms with Crippen LogP contribution in [-0.2, 0) is 27.6 Å². The molecular weight excluding hydrogens is 449 g/mol. The molecule has 0 bridgehead atoms. The number of alkyl halides is 2. The number of nitrogens with one attached hydrogen (secondary N) is 1. The van der Waals surface area contributed by atoms with Crippen molar-refractivity contribution in [1.29, 1.82) is 0 Å². The van der Waals surface area contributed by atoms with Crippen LogP contribution < -0.4 is 11.2 Å². The quantitative estimate of drug-likeness (QED) is 0.326. The Morgan fingerprint density at radius 2 is 1.88 bits per heavy atom. The Balaban J connectivity index is 1.87. The number of rotatable bonds is 9. The van der Waals surface area contributed by atoms with Gasteiger partial charge in [-0.3, -0.25) is 9.69 Å². The van der Waals surface area contributed by atoms with E-state index in [1.165, 1.54) is 25.1 Å². The topological polar surface area (TPSA) is 89.2 Å². The van der Waals surface area contributed by atoms with Gasteiger partial charge < -0.3 is 15.2 Å². The summed E-state index contributed by atoms with van der Waals surface area (Å²) in [6, 6.07) is 10.2. The molecular formula is C24H29F3N4O3. The molecule has 34 heavy (non-hydrogen) atoms. The molecule has 10 heteroatoms. The van der Waals surface area contributed by atoms with Gasteiger partial charge in [0.05, 0.1) is 25.3 Å². The van der Waals surface area contributed by atoms with Crippen molar-refractivity contribution < 1.29 is 27.4 Å². The van der Waals surface area contributed by atoms with Crippen LogP contribution in [0.2, 0.25) is 0 Å². The van der Waals surface area contributed by atoms with E-state index in [-0.39, 0.29) is 24.1 Å². The lowest BCUT2D eigenvalue weighted by Crippen LogP contribution is -2.49. The number of amides is 1. The summed E-state index contributed by atoms with van der Waals surface area (Å²) in [5, 5.41) is 3.87. The third-order valence-corrected chi connectivity index (χ3v) is 5.44. The van der Waals surface area contributed by atoms with Gasteiger partial charge in [0.15, 0.2) is 6.29 Å². The average Bonchev–Trinajstić information content (AvgIpc) is 2.83. The molecule has 3 N–H and O–H groups in total. The van der Waals surface area contributed by atoms with Gasteiger partial charge in [-0.25, -0.2) is 18.6 Å². The first-order valence-electron chi connectivity index (χ1n) is 10.9. The first kappa shape index (κ1) is 25.7. The van der Waals surface area contributed by atoms with E-state index in [0.29, 0.717) is 29.8 Å². The van der Waals surface area contributed by atoms with Gasteiger partial charge in [0.25, 0.3) is 0 Å². The molecule has 0 aliphatic carbocycles. The minimum atomic E-state index is -0.786. The number of nitrogens with zero attached hydrogens (tertiary/aromatic N) is 2. The van der Waals surface area contributed by atoms with Gasteiger partial charge in [-0.1, -0.05) is 30.3 Å². The highest BCUT2D eigenvalue weighted by molar-refractivity contribution is 5.84. The second-order valence-electron chi connectivity index (χ2n) is 8.11. The Hall–Kier alpha value is -2.95. The largest absolute Gasteiger partial charge is 0.385 e. The van der Waals surface area contributed by atoms with Gasteiger partial charge in [0, 0.05) is 13.5 Å². The van der Waals surface area contributed by atoms with Crippen LogP contribution in [0.3, 0.4) is 0 Å². The number of hydrogen-bond acceptors (Lipinski definition) is 5. The fourth-order valence-corrected chi connectivity index (χ4v) is 3.86. The predicted octanol–water partition coefficient (Wildman–Crippen LogP) is 3.65. The number of benzene rings is 2. The Morgan fingerprint density at radius 1 is 1.24 bits per heavy atom. The van der Waals surface area contributed by atoms with E-state index in [0.717, 1.165) is 5.56 Å². The number of hydrogen-bond donors (Lipinski definition) is 2. The lowest BCUT2D eigenvalue weighted by atomic mass is 10.0. The summed E-state index contributed by atoms with van der Waals surface area (Å²) in [5.41, 5.74) is 10.4. The summed E-state index contributed by atoms with van der Waals surface area (Å²) in [7, 11) is 0. The molecule has 0 spiro atoms. The summed E-state index contributed by atoms with van der Waals surface area (Å²) in [6.07, 6.45) is -1.33. The van der Waals surface area contributed by atoms with Crippen molar-refractivity contribution >= 4 is 11.7 Å². The molecule has 1 amide bonds. The number of ether oxygens (including phenoxy) is 2. The maximum atomic E-state index is 13.6. The number of carbonyl (C=O) groups excluding carboxylic acids is 1. The standard InChI is InChI=1S/C24H29F3N4O3/c1-15(20-10-17(12-25)9-18(11-20)13-26)34-24-23(19-3-5-21(27)6-4-19)31(7-8-33-24)14-22(28)30-29-16(2)32/h3-6,9-11,15,23-24H,7-8,12-14H2,1-2H3,(H2,28,30)(H,29,32)/t15-,23+,24-/m1/s1. The number of hydrazone groups is 1. The average molecular weight is 479 g/mol. The summed E-state index contributed by atoms with van der Waals surface area (Å²) in [6.45, 7) is 2.67. The normalized spacial score (nSPS) is 20.2. The smallest absolute Gasteiger partial charge is 0.236 e. The number of amidine groups is 1. The lowest BCUT2D eigenvalue weighted by molar-refractivity contribution is -0.227. The third kappa shape index (κ3) is 6.78. The van der Waals surface area contributed by atoms with E-state index >= 15 is 0 Å². The zero-order valence-electron chi connectivity index (χ0n) is 19.1. The zero-order valence-corrected chi connectivity index (χ0v) is 19.1. The molecule has 2 aromatic rings. The maximum absolute atomic E-state index is 13.6. The van der Waals surface area contributed by atoms with Crippen molar-refractivity contribution in [2.45, 2.75) is 45.6 Å². The van der Waals surface area contributed by atoms with Gasteiger partial charge in [0.1, 0.15) is 25.0 Å². The van der Waals surface area contributed by atoms with E-state index in [1.807, 2.05) is 4.90 Å². The molecule has 1 aliphatic rings. The third-order valence-electron chi connectivity index (χ3n) is 5.44. The number of carbonyl (C=O) groups is 1. The fourth-order valence-electron chi connectivity index (χ4n) is 3.86.